The maximum Gasteiger partial charge on any atom is 0.119 e. The summed E-state index contributed by atoms with van der Waals surface area (Å²) in [5.41, 5.74) is 0. The average molecular weight is 300 g/mol. The van der Waals surface area contributed by atoms with E-state index in [0.29, 0.717) is 5.92 Å². The van der Waals surface area contributed by atoms with Gasteiger partial charge in [-0.15, -0.1) is 0 Å². The minimum absolute atomic E-state index is 0.713. The molecule has 0 radical (unpaired) electrons. The summed E-state index contributed by atoms with van der Waals surface area (Å²) in [7, 11) is 0. The van der Waals surface area contributed by atoms with E-state index < -0.39 is 0 Å². The second-order valence-electron chi connectivity index (χ2n) is 4.17. The fourth-order valence-corrected chi connectivity index (χ4v) is 1.94. The van der Waals surface area contributed by atoms with E-state index in [1.165, 1.54) is 6.42 Å². The Balaban J connectivity index is 2.23. The lowest BCUT2D eigenvalue weighted by molar-refractivity contribution is 0.271. The Bertz CT molecular complexity index is 300. The van der Waals surface area contributed by atoms with Gasteiger partial charge in [-0.2, -0.15) is 0 Å². The van der Waals surface area contributed by atoms with E-state index in [4.69, 9.17) is 4.74 Å². The molecule has 0 aliphatic heterocycles. The Morgan fingerprint density at radius 2 is 1.94 bits per heavy atom. The minimum atomic E-state index is 0.713. The van der Waals surface area contributed by atoms with Gasteiger partial charge < -0.3 is 10.1 Å². The molecule has 0 heterocycles. The maximum absolute atomic E-state index is 5.72. The Kier molecular flexibility index (Phi) is 7.29. The van der Waals surface area contributed by atoms with Crippen LogP contribution in [0.3, 0.4) is 0 Å². The molecule has 1 rings (SSSR count). The summed E-state index contributed by atoms with van der Waals surface area (Å²) >= 11 is 3.41. The molecule has 0 saturated carbocycles. The molecule has 2 nitrogen and oxygen atoms in total. The van der Waals surface area contributed by atoms with E-state index in [9.17, 15) is 0 Å². The van der Waals surface area contributed by atoms with E-state index in [1.54, 1.807) is 0 Å². The number of ether oxygens (including phenoxy) is 1. The molecule has 0 amide bonds. The molecule has 0 aromatic heterocycles. The lowest BCUT2D eigenvalue weighted by Crippen LogP contribution is -2.23. The largest absolute Gasteiger partial charge is 0.494 e. The smallest absolute Gasteiger partial charge is 0.119 e. The third kappa shape index (κ3) is 6.08. The molecule has 0 aliphatic carbocycles. The molecule has 0 aliphatic rings. The second-order valence-corrected chi connectivity index (χ2v) is 5.09. The van der Waals surface area contributed by atoms with Crippen molar-refractivity contribution >= 4 is 15.9 Å². The van der Waals surface area contributed by atoms with Crippen LogP contribution in [0.15, 0.2) is 28.7 Å². The van der Waals surface area contributed by atoms with Crippen molar-refractivity contribution in [2.24, 2.45) is 5.92 Å². The number of rotatable bonds is 8. The quantitative estimate of drug-likeness (QED) is 0.787. The van der Waals surface area contributed by atoms with Crippen LogP contribution in [0.25, 0.3) is 0 Å². The molecule has 17 heavy (non-hydrogen) atoms. The highest BCUT2D eigenvalue weighted by molar-refractivity contribution is 9.10. The number of nitrogens with one attached hydrogen (secondary N) is 1. The Labute approximate surface area is 113 Å². The second kappa shape index (κ2) is 8.54. The van der Waals surface area contributed by atoms with Crippen molar-refractivity contribution < 1.29 is 4.74 Å². The van der Waals surface area contributed by atoms with E-state index in [0.717, 1.165) is 36.3 Å². The van der Waals surface area contributed by atoms with Crippen molar-refractivity contribution in [2.75, 3.05) is 19.7 Å². The molecule has 0 saturated heterocycles. The number of halogens is 1. The third-order valence-corrected chi connectivity index (χ3v) is 3.40. The van der Waals surface area contributed by atoms with Crippen molar-refractivity contribution in [3.05, 3.63) is 28.7 Å². The first-order valence-corrected chi connectivity index (χ1v) is 7.14. The molecule has 0 fully saturated rings. The predicted molar refractivity (Wildman–Crippen MR) is 76.6 cm³/mol. The highest BCUT2D eigenvalue weighted by atomic mass is 79.9. The SMILES string of the molecule is CCNCC(CC)CCOc1ccc(Br)cc1. The van der Waals surface area contributed by atoms with Crippen LogP contribution in [0.5, 0.6) is 5.75 Å². The summed E-state index contributed by atoms with van der Waals surface area (Å²) < 4.78 is 6.81. The minimum Gasteiger partial charge on any atom is -0.494 e. The lowest BCUT2D eigenvalue weighted by Gasteiger charge is -2.15. The fourth-order valence-electron chi connectivity index (χ4n) is 1.67. The van der Waals surface area contributed by atoms with Crippen LogP contribution < -0.4 is 10.1 Å². The van der Waals surface area contributed by atoms with Crippen molar-refractivity contribution in [1.82, 2.24) is 5.32 Å². The van der Waals surface area contributed by atoms with Gasteiger partial charge >= 0.3 is 0 Å². The summed E-state index contributed by atoms with van der Waals surface area (Å²) in [6.07, 6.45) is 2.32. The summed E-state index contributed by atoms with van der Waals surface area (Å²) in [5, 5.41) is 3.39. The Hall–Kier alpha value is -0.540. The number of hydrogen-bond donors (Lipinski definition) is 1. The highest BCUT2D eigenvalue weighted by Crippen LogP contribution is 2.17. The van der Waals surface area contributed by atoms with Gasteiger partial charge in [0.2, 0.25) is 0 Å². The number of hydrogen-bond acceptors (Lipinski definition) is 2. The molecular formula is C14H22BrNO. The molecule has 0 bridgehead atoms. The average Bonchev–Trinajstić information content (AvgIpc) is 2.36. The zero-order valence-corrected chi connectivity index (χ0v) is 12.3. The van der Waals surface area contributed by atoms with Crippen LogP contribution in [-0.4, -0.2) is 19.7 Å². The van der Waals surface area contributed by atoms with Crippen LogP contribution in [0, 0.1) is 5.92 Å². The first kappa shape index (κ1) is 14.5. The highest BCUT2D eigenvalue weighted by Gasteiger charge is 2.05. The molecule has 1 N–H and O–H groups in total. The summed E-state index contributed by atoms with van der Waals surface area (Å²) in [4.78, 5) is 0. The van der Waals surface area contributed by atoms with Crippen LogP contribution in [0.1, 0.15) is 26.7 Å². The molecule has 1 aromatic rings. The van der Waals surface area contributed by atoms with Gasteiger partial charge in [0.05, 0.1) is 6.61 Å². The van der Waals surface area contributed by atoms with Gasteiger partial charge in [-0.05, 0) is 49.7 Å². The van der Waals surface area contributed by atoms with Crippen LogP contribution >= 0.6 is 15.9 Å². The maximum atomic E-state index is 5.72. The van der Waals surface area contributed by atoms with Gasteiger partial charge in [-0.3, -0.25) is 0 Å². The normalized spacial score (nSPS) is 12.4. The molecule has 96 valence electrons. The molecular weight excluding hydrogens is 278 g/mol. The van der Waals surface area contributed by atoms with Gasteiger partial charge in [0, 0.05) is 4.47 Å². The van der Waals surface area contributed by atoms with E-state index in [2.05, 4.69) is 35.1 Å². The summed E-state index contributed by atoms with van der Waals surface area (Å²) in [5.74, 6) is 1.66. The van der Waals surface area contributed by atoms with Crippen LogP contribution in [0.2, 0.25) is 0 Å². The zero-order chi connectivity index (χ0) is 12.5. The molecule has 1 atom stereocenters. The van der Waals surface area contributed by atoms with E-state index in [1.807, 2.05) is 24.3 Å². The van der Waals surface area contributed by atoms with Gasteiger partial charge in [0.15, 0.2) is 0 Å². The van der Waals surface area contributed by atoms with Crippen molar-refractivity contribution in [1.29, 1.82) is 0 Å². The van der Waals surface area contributed by atoms with Gasteiger partial charge in [-0.25, -0.2) is 0 Å². The summed E-state index contributed by atoms with van der Waals surface area (Å²) in [6.45, 7) is 7.32. The Morgan fingerprint density at radius 3 is 2.53 bits per heavy atom. The van der Waals surface area contributed by atoms with E-state index in [-0.39, 0.29) is 0 Å². The van der Waals surface area contributed by atoms with Gasteiger partial charge in [0.25, 0.3) is 0 Å². The first-order valence-electron chi connectivity index (χ1n) is 6.35. The third-order valence-electron chi connectivity index (χ3n) is 2.87. The van der Waals surface area contributed by atoms with Crippen LogP contribution in [-0.2, 0) is 0 Å². The molecule has 1 unspecified atom stereocenters. The van der Waals surface area contributed by atoms with E-state index >= 15 is 0 Å². The molecule has 3 heteroatoms. The molecule has 1 aromatic carbocycles. The standard InChI is InChI=1S/C14H22BrNO/c1-3-12(11-16-4-2)9-10-17-14-7-5-13(15)6-8-14/h5-8,12,16H,3-4,9-11H2,1-2H3. The van der Waals surface area contributed by atoms with Crippen LogP contribution in [0.4, 0.5) is 0 Å². The van der Waals surface area contributed by atoms with Crippen molar-refractivity contribution in [2.45, 2.75) is 26.7 Å². The monoisotopic (exact) mass is 299 g/mol. The topological polar surface area (TPSA) is 21.3 Å². The first-order chi connectivity index (χ1) is 8.26. The number of benzene rings is 1. The van der Waals surface area contributed by atoms with Crippen molar-refractivity contribution in [3.8, 4) is 5.75 Å². The Morgan fingerprint density at radius 1 is 1.24 bits per heavy atom. The van der Waals surface area contributed by atoms with Gasteiger partial charge in [-0.1, -0.05) is 36.2 Å². The fraction of sp³-hybridized carbons (Fsp3) is 0.571. The van der Waals surface area contributed by atoms with Gasteiger partial charge in [0.1, 0.15) is 5.75 Å². The lowest BCUT2D eigenvalue weighted by atomic mass is 10.0. The van der Waals surface area contributed by atoms with Crippen molar-refractivity contribution in [3.63, 3.8) is 0 Å². The predicted octanol–water partition coefficient (Wildman–Crippen LogP) is 3.85. The molecule has 0 spiro atoms. The summed E-state index contributed by atoms with van der Waals surface area (Å²) in [6, 6.07) is 8.00. The zero-order valence-electron chi connectivity index (χ0n) is 10.7.